The van der Waals surface area contributed by atoms with Gasteiger partial charge in [0.25, 0.3) is 0 Å². The molecule has 11 heteroatoms. The molecular formula is C27H31F3N4O3S. The second kappa shape index (κ2) is 9.29. The fourth-order valence-electron chi connectivity index (χ4n) is 7.84. The molecule has 0 saturated heterocycles. The Labute approximate surface area is 220 Å². The van der Waals surface area contributed by atoms with Gasteiger partial charge in [0.05, 0.1) is 23.6 Å². The molecule has 0 unspecified atom stereocenters. The molecule has 1 N–H and O–H groups in total. The van der Waals surface area contributed by atoms with Crippen LogP contribution in [-0.4, -0.2) is 35.1 Å². The van der Waals surface area contributed by atoms with E-state index in [1.165, 1.54) is 42.0 Å². The number of anilines is 1. The Kier molecular flexibility index (Phi) is 6.29. The molecule has 4 aliphatic carbocycles. The second-order valence-electron chi connectivity index (χ2n) is 11.8. The van der Waals surface area contributed by atoms with Crippen molar-refractivity contribution in [1.29, 1.82) is 0 Å². The number of nitrogens with zero attached hydrogens (tertiary/aromatic N) is 3. The summed E-state index contributed by atoms with van der Waals surface area (Å²) in [4.78, 5) is 21.7. The highest BCUT2D eigenvalue weighted by molar-refractivity contribution is 7.88. The average Bonchev–Trinajstić information content (AvgIpc) is 2.82. The molecule has 1 aromatic carbocycles. The lowest BCUT2D eigenvalue weighted by atomic mass is 9.49. The molecule has 7 nitrogen and oxygen atoms in total. The van der Waals surface area contributed by atoms with Crippen LogP contribution in [-0.2, 0) is 39.7 Å². The van der Waals surface area contributed by atoms with Crippen molar-refractivity contribution in [3.8, 4) is 0 Å². The Morgan fingerprint density at radius 1 is 1.08 bits per heavy atom. The summed E-state index contributed by atoms with van der Waals surface area (Å²) in [6.45, 7) is 0.122. The molecule has 0 atom stereocenters. The summed E-state index contributed by atoms with van der Waals surface area (Å²) in [6, 6.07) is 4.38. The highest BCUT2D eigenvalue weighted by Crippen LogP contribution is 2.61. The molecule has 4 saturated carbocycles. The Morgan fingerprint density at radius 3 is 2.42 bits per heavy atom. The fourth-order valence-corrected chi connectivity index (χ4v) is 9.31. The molecule has 2 heterocycles. The van der Waals surface area contributed by atoms with Gasteiger partial charge < -0.3 is 5.32 Å². The first kappa shape index (κ1) is 25.7. The summed E-state index contributed by atoms with van der Waals surface area (Å²) in [5.41, 5.74) is 0.517. The maximum atomic E-state index is 13.1. The lowest BCUT2D eigenvalue weighted by Gasteiger charge is -2.56. The normalized spacial score (nSPS) is 28.8. The smallest absolute Gasteiger partial charge is 0.310 e. The summed E-state index contributed by atoms with van der Waals surface area (Å²) in [5.74, 6) is 2.11. The van der Waals surface area contributed by atoms with Crippen LogP contribution in [0, 0.1) is 23.2 Å². The third-order valence-electron chi connectivity index (χ3n) is 8.93. The number of fused-ring (bicyclic) bond motifs is 1. The van der Waals surface area contributed by atoms with Crippen LogP contribution < -0.4 is 5.32 Å². The Morgan fingerprint density at radius 2 is 1.76 bits per heavy atom. The largest absolute Gasteiger partial charge is 0.416 e. The predicted molar refractivity (Wildman–Crippen MR) is 134 cm³/mol. The maximum Gasteiger partial charge on any atom is 0.416 e. The number of rotatable bonds is 6. The van der Waals surface area contributed by atoms with E-state index >= 15 is 0 Å². The van der Waals surface area contributed by atoms with Crippen LogP contribution in [0.3, 0.4) is 0 Å². The Hall–Kier alpha value is -2.53. The standard InChI is InChI=1S/C27H31F3N4O3S/c28-27(29,30)21-3-1-2-17(9-21)15-38(36,37)34-5-4-22-23(14-34)31-16-32-25(22)33-24(35)13-26-10-18-6-19(11-26)8-20(7-18)12-26/h1-3,9,16,18-20H,4-8,10-15H2,(H,31,32,33,35). The quantitative estimate of drug-likeness (QED) is 0.553. The number of aromatic nitrogens is 2. The van der Waals surface area contributed by atoms with Gasteiger partial charge in [0.2, 0.25) is 15.9 Å². The topological polar surface area (TPSA) is 92.3 Å². The van der Waals surface area contributed by atoms with E-state index in [0.29, 0.717) is 24.4 Å². The first-order valence-corrected chi connectivity index (χ1v) is 14.9. The second-order valence-corrected chi connectivity index (χ2v) is 13.8. The zero-order valence-corrected chi connectivity index (χ0v) is 21.8. The monoisotopic (exact) mass is 548 g/mol. The van der Waals surface area contributed by atoms with E-state index in [0.717, 1.165) is 54.7 Å². The van der Waals surface area contributed by atoms with E-state index in [2.05, 4.69) is 15.3 Å². The SMILES string of the molecule is O=C(CC12CC3CC(CC(C3)C1)C2)Nc1ncnc2c1CCN(S(=O)(=O)Cc1cccc(C(F)(F)F)c1)C2. The number of carbonyl (C=O) groups excluding carboxylic acids is 1. The van der Waals surface area contributed by atoms with Gasteiger partial charge >= 0.3 is 6.18 Å². The Bertz CT molecular complexity index is 1330. The number of alkyl halides is 3. The molecule has 1 aliphatic heterocycles. The molecule has 38 heavy (non-hydrogen) atoms. The van der Waals surface area contributed by atoms with Crippen molar-refractivity contribution in [2.75, 3.05) is 11.9 Å². The van der Waals surface area contributed by atoms with E-state index < -0.39 is 27.5 Å². The zero-order valence-electron chi connectivity index (χ0n) is 21.0. The minimum atomic E-state index is -4.54. The van der Waals surface area contributed by atoms with Gasteiger partial charge in [0.15, 0.2) is 0 Å². The summed E-state index contributed by atoms with van der Waals surface area (Å²) in [7, 11) is -3.89. The van der Waals surface area contributed by atoms with Crippen LogP contribution >= 0.6 is 0 Å². The maximum absolute atomic E-state index is 13.1. The number of hydrogen-bond acceptors (Lipinski definition) is 5. The van der Waals surface area contributed by atoms with E-state index in [1.807, 2.05) is 0 Å². The summed E-state index contributed by atoms with van der Waals surface area (Å²) in [6.07, 6.45) is 4.92. The van der Waals surface area contributed by atoms with Crippen molar-refractivity contribution in [1.82, 2.24) is 14.3 Å². The highest BCUT2D eigenvalue weighted by Gasteiger charge is 2.51. The molecule has 1 amide bonds. The molecule has 2 aromatic rings. The van der Waals surface area contributed by atoms with Crippen molar-refractivity contribution >= 4 is 21.7 Å². The van der Waals surface area contributed by atoms with Crippen LogP contribution in [0.25, 0.3) is 0 Å². The molecule has 1 aromatic heterocycles. The molecule has 0 radical (unpaired) electrons. The molecule has 0 spiro atoms. The van der Waals surface area contributed by atoms with Crippen molar-refractivity contribution in [2.24, 2.45) is 23.2 Å². The lowest BCUT2D eigenvalue weighted by Crippen LogP contribution is -2.47. The molecule has 204 valence electrons. The lowest BCUT2D eigenvalue weighted by molar-refractivity contribution is -0.137. The van der Waals surface area contributed by atoms with Gasteiger partial charge in [-0.05, 0) is 79.7 Å². The van der Waals surface area contributed by atoms with Crippen LogP contribution in [0.15, 0.2) is 30.6 Å². The highest BCUT2D eigenvalue weighted by atomic mass is 32.2. The van der Waals surface area contributed by atoms with Crippen LogP contribution in [0.2, 0.25) is 0 Å². The molecule has 5 aliphatic rings. The molecule has 7 rings (SSSR count). The first-order chi connectivity index (χ1) is 18.0. The number of benzene rings is 1. The molecular weight excluding hydrogens is 517 g/mol. The van der Waals surface area contributed by atoms with Gasteiger partial charge in [-0.25, -0.2) is 18.4 Å². The zero-order chi connectivity index (χ0) is 26.7. The summed E-state index contributed by atoms with van der Waals surface area (Å²) < 4.78 is 66.6. The minimum Gasteiger partial charge on any atom is -0.310 e. The van der Waals surface area contributed by atoms with Gasteiger partial charge in [0, 0.05) is 18.5 Å². The van der Waals surface area contributed by atoms with Gasteiger partial charge in [-0.1, -0.05) is 18.2 Å². The predicted octanol–water partition coefficient (Wildman–Crippen LogP) is 4.93. The first-order valence-electron chi connectivity index (χ1n) is 13.2. The van der Waals surface area contributed by atoms with Crippen molar-refractivity contribution in [2.45, 2.75) is 69.8 Å². The van der Waals surface area contributed by atoms with Crippen molar-refractivity contribution < 1.29 is 26.4 Å². The number of nitrogens with one attached hydrogen (secondary N) is 1. The van der Waals surface area contributed by atoms with Gasteiger partial charge in [-0.2, -0.15) is 17.5 Å². The van der Waals surface area contributed by atoms with Gasteiger partial charge in [-0.3, -0.25) is 4.79 Å². The van der Waals surface area contributed by atoms with Crippen LogP contribution in [0.5, 0.6) is 0 Å². The number of carbonyl (C=O) groups is 1. The number of sulfonamides is 1. The van der Waals surface area contributed by atoms with Crippen LogP contribution in [0.1, 0.15) is 67.3 Å². The van der Waals surface area contributed by atoms with Crippen molar-refractivity contribution in [3.05, 3.63) is 53.0 Å². The summed E-state index contributed by atoms with van der Waals surface area (Å²) >= 11 is 0. The van der Waals surface area contributed by atoms with Crippen molar-refractivity contribution in [3.63, 3.8) is 0 Å². The van der Waals surface area contributed by atoms with Gasteiger partial charge in [0.1, 0.15) is 12.1 Å². The van der Waals surface area contributed by atoms with Gasteiger partial charge in [-0.15, -0.1) is 0 Å². The van der Waals surface area contributed by atoms with E-state index in [9.17, 15) is 26.4 Å². The van der Waals surface area contributed by atoms with E-state index in [4.69, 9.17) is 0 Å². The summed E-state index contributed by atoms with van der Waals surface area (Å²) in [5, 5.41) is 2.99. The fraction of sp³-hybridized carbons (Fsp3) is 0.593. The number of halogens is 3. The third-order valence-corrected chi connectivity index (χ3v) is 10.7. The number of amides is 1. The number of hydrogen-bond donors (Lipinski definition) is 1. The van der Waals surface area contributed by atoms with Crippen LogP contribution in [0.4, 0.5) is 19.0 Å². The molecule has 4 bridgehead atoms. The van der Waals surface area contributed by atoms with E-state index in [-0.39, 0.29) is 30.0 Å². The Balaban J connectivity index is 1.13. The average molecular weight is 549 g/mol. The third kappa shape index (κ3) is 5.06. The molecule has 4 fully saturated rings. The minimum absolute atomic E-state index is 0.0169. The van der Waals surface area contributed by atoms with E-state index in [1.54, 1.807) is 0 Å².